The van der Waals surface area contributed by atoms with Gasteiger partial charge in [0.2, 0.25) is 0 Å². The third kappa shape index (κ3) is 2.73. The van der Waals surface area contributed by atoms with E-state index in [-0.39, 0.29) is 24.0 Å². The second-order valence-corrected chi connectivity index (χ2v) is 5.35. The van der Waals surface area contributed by atoms with Gasteiger partial charge in [-0.2, -0.15) is 0 Å². The highest BCUT2D eigenvalue weighted by Crippen LogP contribution is 2.36. The van der Waals surface area contributed by atoms with Gasteiger partial charge in [-0.15, -0.1) is 0 Å². The Balaban J connectivity index is 2.18. The molecule has 19 heavy (non-hydrogen) atoms. The molecular weight excluding hydrogens is 242 g/mol. The van der Waals surface area contributed by atoms with Gasteiger partial charge in [0.1, 0.15) is 11.8 Å². The lowest BCUT2D eigenvalue weighted by Gasteiger charge is -2.24. The maximum absolute atomic E-state index is 11.8. The number of hydrogen-bond donors (Lipinski definition) is 2. The largest absolute Gasteiger partial charge is 0.508 e. The van der Waals surface area contributed by atoms with Crippen molar-refractivity contribution in [3.8, 4) is 5.75 Å². The second-order valence-electron chi connectivity index (χ2n) is 5.35. The molecule has 0 saturated heterocycles. The summed E-state index contributed by atoms with van der Waals surface area (Å²) in [6.07, 6.45) is 1.73. The Morgan fingerprint density at radius 1 is 1.47 bits per heavy atom. The van der Waals surface area contributed by atoms with Crippen molar-refractivity contribution in [2.75, 3.05) is 7.11 Å². The fourth-order valence-corrected chi connectivity index (χ4v) is 2.68. The van der Waals surface area contributed by atoms with Crippen LogP contribution in [0.1, 0.15) is 37.4 Å². The summed E-state index contributed by atoms with van der Waals surface area (Å²) in [5.74, 6) is 0.276. The van der Waals surface area contributed by atoms with Crippen molar-refractivity contribution in [1.29, 1.82) is 0 Å². The zero-order valence-corrected chi connectivity index (χ0v) is 11.6. The summed E-state index contributed by atoms with van der Waals surface area (Å²) in [5, 5.41) is 13.2. The summed E-state index contributed by atoms with van der Waals surface area (Å²) in [5.41, 5.74) is 2.09. The number of aromatic hydroxyl groups is 1. The van der Waals surface area contributed by atoms with Crippen LogP contribution in [0.25, 0.3) is 0 Å². The Labute approximate surface area is 113 Å². The summed E-state index contributed by atoms with van der Waals surface area (Å²) in [7, 11) is 1.41. The number of carbonyl (C=O) groups is 1. The van der Waals surface area contributed by atoms with Crippen molar-refractivity contribution in [2.24, 2.45) is 5.92 Å². The molecule has 0 aliphatic heterocycles. The summed E-state index contributed by atoms with van der Waals surface area (Å²) in [6.45, 7) is 3.99. The molecule has 0 spiro atoms. The van der Waals surface area contributed by atoms with E-state index in [1.165, 1.54) is 7.11 Å². The Morgan fingerprint density at radius 3 is 2.84 bits per heavy atom. The molecule has 0 bridgehead atoms. The molecule has 4 nitrogen and oxygen atoms in total. The van der Waals surface area contributed by atoms with E-state index in [9.17, 15) is 9.90 Å². The van der Waals surface area contributed by atoms with Crippen molar-refractivity contribution >= 4 is 5.97 Å². The lowest BCUT2D eigenvalue weighted by molar-refractivity contribution is -0.144. The van der Waals surface area contributed by atoms with E-state index in [1.54, 1.807) is 6.07 Å². The lowest BCUT2D eigenvalue weighted by Crippen LogP contribution is -2.43. The van der Waals surface area contributed by atoms with Crippen LogP contribution in [0, 0.1) is 5.92 Å². The predicted octanol–water partition coefficient (Wildman–Crippen LogP) is 2.17. The van der Waals surface area contributed by atoms with E-state index >= 15 is 0 Å². The van der Waals surface area contributed by atoms with Gasteiger partial charge < -0.3 is 9.84 Å². The molecule has 0 radical (unpaired) electrons. The van der Waals surface area contributed by atoms with Gasteiger partial charge in [0.15, 0.2) is 0 Å². The molecule has 1 aliphatic rings. The van der Waals surface area contributed by atoms with Crippen LogP contribution in [-0.4, -0.2) is 24.2 Å². The zero-order chi connectivity index (χ0) is 14.0. The molecule has 2 N–H and O–H groups in total. The van der Waals surface area contributed by atoms with Crippen LogP contribution in [0.4, 0.5) is 0 Å². The van der Waals surface area contributed by atoms with Crippen molar-refractivity contribution in [1.82, 2.24) is 5.32 Å². The zero-order valence-electron chi connectivity index (χ0n) is 11.6. The van der Waals surface area contributed by atoms with Gasteiger partial charge in [-0.1, -0.05) is 26.0 Å². The minimum absolute atomic E-state index is 0.105. The molecule has 0 amide bonds. The summed E-state index contributed by atoms with van der Waals surface area (Å²) < 4.78 is 4.84. The van der Waals surface area contributed by atoms with Crippen LogP contribution in [-0.2, 0) is 16.0 Å². The first-order chi connectivity index (χ1) is 9.04. The molecule has 104 valence electrons. The molecular formula is C15H21NO3. The van der Waals surface area contributed by atoms with E-state index in [1.807, 2.05) is 26.0 Å². The van der Waals surface area contributed by atoms with E-state index in [0.717, 1.165) is 24.0 Å². The van der Waals surface area contributed by atoms with Crippen LogP contribution < -0.4 is 5.32 Å². The number of rotatable bonds is 4. The average Bonchev–Trinajstić information content (AvgIpc) is 2.79. The Kier molecular flexibility index (Phi) is 4.10. The van der Waals surface area contributed by atoms with Crippen LogP contribution >= 0.6 is 0 Å². The number of fused-ring (bicyclic) bond motifs is 1. The third-order valence-electron chi connectivity index (χ3n) is 3.75. The lowest BCUT2D eigenvalue weighted by atomic mass is 10.0. The number of carbonyl (C=O) groups excluding carboxylic acids is 1. The van der Waals surface area contributed by atoms with Crippen LogP contribution in [0.2, 0.25) is 0 Å². The highest BCUT2D eigenvalue weighted by molar-refractivity contribution is 5.76. The minimum atomic E-state index is -0.316. The molecule has 0 aromatic heterocycles. The normalized spacial score (nSPS) is 19.3. The SMILES string of the molecule is COC(=O)[C@@H](NC1CCc2c(O)cccc21)C(C)C. The molecule has 0 heterocycles. The first-order valence-corrected chi connectivity index (χ1v) is 6.69. The first kappa shape index (κ1) is 13.9. The van der Waals surface area contributed by atoms with E-state index in [4.69, 9.17) is 4.74 Å². The van der Waals surface area contributed by atoms with Crippen molar-refractivity contribution in [3.05, 3.63) is 29.3 Å². The molecule has 1 aliphatic carbocycles. The number of esters is 1. The van der Waals surface area contributed by atoms with Gasteiger partial charge in [-0.25, -0.2) is 0 Å². The quantitative estimate of drug-likeness (QED) is 0.817. The smallest absolute Gasteiger partial charge is 0.323 e. The number of methoxy groups -OCH3 is 1. The molecule has 2 rings (SSSR count). The van der Waals surface area contributed by atoms with Crippen LogP contribution in [0.5, 0.6) is 5.75 Å². The molecule has 1 aromatic carbocycles. The number of phenolic OH excluding ortho intramolecular Hbond substituents is 1. The van der Waals surface area contributed by atoms with Crippen LogP contribution in [0.15, 0.2) is 18.2 Å². The third-order valence-corrected chi connectivity index (χ3v) is 3.75. The van der Waals surface area contributed by atoms with Crippen LogP contribution in [0.3, 0.4) is 0 Å². The van der Waals surface area contributed by atoms with Gasteiger partial charge >= 0.3 is 5.97 Å². The molecule has 0 fully saturated rings. The molecule has 1 aromatic rings. The summed E-state index contributed by atoms with van der Waals surface area (Å²) >= 11 is 0. The van der Waals surface area contributed by atoms with Crippen molar-refractivity contribution in [2.45, 2.75) is 38.8 Å². The Hall–Kier alpha value is -1.55. The molecule has 0 saturated carbocycles. The summed E-state index contributed by atoms with van der Waals surface area (Å²) in [4.78, 5) is 11.8. The van der Waals surface area contributed by atoms with E-state index < -0.39 is 0 Å². The van der Waals surface area contributed by atoms with Gasteiger partial charge in [0.25, 0.3) is 0 Å². The standard InChI is InChI=1S/C15H21NO3/c1-9(2)14(15(18)19-3)16-12-8-7-11-10(12)5-4-6-13(11)17/h4-6,9,12,14,16-17H,7-8H2,1-3H3/t12?,14-/m0/s1. The summed E-state index contributed by atoms with van der Waals surface area (Å²) in [6, 6.07) is 5.35. The van der Waals surface area contributed by atoms with Crippen molar-refractivity contribution in [3.63, 3.8) is 0 Å². The Morgan fingerprint density at radius 2 is 2.21 bits per heavy atom. The van der Waals surface area contributed by atoms with Gasteiger partial charge in [0.05, 0.1) is 7.11 Å². The van der Waals surface area contributed by atoms with E-state index in [2.05, 4.69) is 5.32 Å². The number of nitrogens with one attached hydrogen (secondary N) is 1. The van der Waals surface area contributed by atoms with Gasteiger partial charge in [0, 0.05) is 6.04 Å². The number of hydrogen-bond acceptors (Lipinski definition) is 4. The average molecular weight is 263 g/mol. The highest BCUT2D eigenvalue weighted by Gasteiger charge is 2.31. The fraction of sp³-hybridized carbons (Fsp3) is 0.533. The van der Waals surface area contributed by atoms with E-state index in [0.29, 0.717) is 5.75 Å². The first-order valence-electron chi connectivity index (χ1n) is 6.69. The maximum atomic E-state index is 11.8. The fourth-order valence-electron chi connectivity index (χ4n) is 2.68. The molecule has 1 unspecified atom stereocenters. The minimum Gasteiger partial charge on any atom is -0.508 e. The molecule has 4 heteroatoms. The van der Waals surface area contributed by atoms with Gasteiger partial charge in [-0.05, 0) is 36.0 Å². The monoisotopic (exact) mass is 263 g/mol. The van der Waals surface area contributed by atoms with Gasteiger partial charge in [-0.3, -0.25) is 10.1 Å². The topological polar surface area (TPSA) is 58.6 Å². The number of phenols is 1. The Bertz CT molecular complexity index is 470. The molecule has 2 atom stereocenters. The number of ether oxygens (including phenoxy) is 1. The number of benzene rings is 1. The van der Waals surface area contributed by atoms with Crippen molar-refractivity contribution < 1.29 is 14.6 Å². The second kappa shape index (κ2) is 5.61. The maximum Gasteiger partial charge on any atom is 0.323 e. The highest BCUT2D eigenvalue weighted by atomic mass is 16.5. The predicted molar refractivity (Wildman–Crippen MR) is 72.9 cm³/mol.